The van der Waals surface area contributed by atoms with Crippen LogP contribution in [0.25, 0.3) is 0 Å². The van der Waals surface area contributed by atoms with Crippen LogP contribution in [0.1, 0.15) is 28.9 Å². The molecule has 1 unspecified atom stereocenters. The van der Waals surface area contributed by atoms with E-state index >= 15 is 0 Å². The van der Waals surface area contributed by atoms with Crippen LogP contribution in [0.5, 0.6) is 0 Å². The van der Waals surface area contributed by atoms with Crippen molar-refractivity contribution in [3.8, 4) is 0 Å². The first kappa shape index (κ1) is 17.0. The number of carbonyl (C=O) groups is 2. The number of amides is 2. The van der Waals surface area contributed by atoms with Gasteiger partial charge in [-0.2, -0.15) is 0 Å². The summed E-state index contributed by atoms with van der Waals surface area (Å²) in [6.07, 6.45) is 3.38. The fourth-order valence-corrected chi connectivity index (χ4v) is 3.03. The van der Waals surface area contributed by atoms with Crippen molar-refractivity contribution in [2.75, 3.05) is 11.9 Å². The number of hydrogen-bond acceptors (Lipinski definition) is 4. The molecule has 1 saturated heterocycles. The third kappa shape index (κ3) is 4.00. The smallest absolute Gasteiger partial charge is 0.251 e. The van der Waals surface area contributed by atoms with E-state index in [1.54, 1.807) is 6.20 Å². The number of anilines is 1. The Bertz CT molecular complexity index is 782. The number of pyridine rings is 1. The minimum absolute atomic E-state index is 0.185. The van der Waals surface area contributed by atoms with Gasteiger partial charge < -0.3 is 11.1 Å². The number of benzene rings is 1. The van der Waals surface area contributed by atoms with Crippen molar-refractivity contribution in [1.29, 1.82) is 0 Å². The summed E-state index contributed by atoms with van der Waals surface area (Å²) in [7, 11) is 0. The van der Waals surface area contributed by atoms with Crippen molar-refractivity contribution >= 4 is 17.5 Å². The number of aromatic nitrogens is 1. The molecular weight excluding hydrogens is 323 g/mol. The van der Waals surface area contributed by atoms with E-state index in [9.17, 15) is 14.0 Å². The molecule has 25 heavy (non-hydrogen) atoms. The van der Waals surface area contributed by atoms with Gasteiger partial charge in [-0.1, -0.05) is 6.07 Å². The second-order valence-corrected chi connectivity index (χ2v) is 6.00. The Balaban J connectivity index is 1.70. The molecule has 0 bridgehead atoms. The Labute approximate surface area is 144 Å². The fraction of sp³-hybridized carbons (Fsp3) is 0.278. The summed E-state index contributed by atoms with van der Waals surface area (Å²) in [4.78, 5) is 30.2. The van der Waals surface area contributed by atoms with Gasteiger partial charge >= 0.3 is 0 Å². The lowest BCUT2D eigenvalue weighted by molar-refractivity contribution is -0.120. The molecule has 1 atom stereocenters. The summed E-state index contributed by atoms with van der Waals surface area (Å²) in [5, 5.41) is 2.75. The maximum atomic E-state index is 13.5. The minimum Gasteiger partial charge on any atom is -0.366 e. The number of primary amides is 1. The second kappa shape index (κ2) is 7.40. The Morgan fingerprint density at radius 1 is 1.32 bits per heavy atom. The van der Waals surface area contributed by atoms with Crippen molar-refractivity contribution in [2.24, 2.45) is 5.73 Å². The summed E-state index contributed by atoms with van der Waals surface area (Å²) in [5.74, 6) is -1.76. The second-order valence-electron chi connectivity index (χ2n) is 6.00. The Hall–Kier alpha value is -2.80. The van der Waals surface area contributed by atoms with Crippen molar-refractivity contribution in [2.45, 2.75) is 25.4 Å². The SMILES string of the molecule is NC(=O)c1cc(NC(=O)C2CCCN2Cc2ccccn2)ccc1F. The molecular formula is C18H19FN4O2. The number of halogens is 1. The highest BCUT2D eigenvalue weighted by Crippen LogP contribution is 2.22. The topological polar surface area (TPSA) is 88.3 Å². The third-order valence-corrected chi connectivity index (χ3v) is 4.26. The van der Waals surface area contributed by atoms with Crippen molar-refractivity contribution in [3.05, 3.63) is 59.7 Å². The Morgan fingerprint density at radius 3 is 2.88 bits per heavy atom. The van der Waals surface area contributed by atoms with Gasteiger partial charge in [-0.05, 0) is 49.7 Å². The van der Waals surface area contributed by atoms with Crippen LogP contribution < -0.4 is 11.1 Å². The van der Waals surface area contributed by atoms with Crippen LogP contribution >= 0.6 is 0 Å². The highest BCUT2D eigenvalue weighted by molar-refractivity contribution is 5.98. The van der Waals surface area contributed by atoms with E-state index in [2.05, 4.69) is 15.2 Å². The van der Waals surface area contributed by atoms with Gasteiger partial charge in [-0.3, -0.25) is 19.5 Å². The molecule has 7 heteroatoms. The zero-order valence-electron chi connectivity index (χ0n) is 13.6. The number of nitrogens with two attached hydrogens (primary N) is 1. The maximum absolute atomic E-state index is 13.5. The Kier molecular flexibility index (Phi) is 5.04. The van der Waals surface area contributed by atoms with Crippen LogP contribution in [0.15, 0.2) is 42.6 Å². The van der Waals surface area contributed by atoms with Crippen LogP contribution in [0.2, 0.25) is 0 Å². The van der Waals surface area contributed by atoms with Gasteiger partial charge in [0.15, 0.2) is 0 Å². The molecule has 130 valence electrons. The van der Waals surface area contributed by atoms with Crippen molar-refractivity contribution < 1.29 is 14.0 Å². The van der Waals surface area contributed by atoms with Gasteiger partial charge in [0.2, 0.25) is 5.91 Å². The molecule has 6 nitrogen and oxygen atoms in total. The maximum Gasteiger partial charge on any atom is 0.251 e. The Morgan fingerprint density at radius 2 is 2.16 bits per heavy atom. The van der Waals surface area contributed by atoms with Gasteiger partial charge in [0, 0.05) is 18.4 Å². The molecule has 0 spiro atoms. The number of hydrogen-bond donors (Lipinski definition) is 2. The number of nitrogens with one attached hydrogen (secondary N) is 1. The quantitative estimate of drug-likeness (QED) is 0.869. The molecule has 0 aliphatic carbocycles. The predicted molar refractivity (Wildman–Crippen MR) is 91.2 cm³/mol. The molecule has 1 fully saturated rings. The zero-order chi connectivity index (χ0) is 17.8. The van der Waals surface area contributed by atoms with Crippen molar-refractivity contribution in [3.63, 3.8) is 0 Å². The number of carbonyl (C=O) groups excluding carboxylic acids is 2. The molecule has 2 heterocycles. The molecule has 2 amide bonds. The molecule has 1 aromatic carbocycles. The number of likely N-dealkylation sites (tertiary alicyclic amines) is 1. The summed E-state index contributed by atoms with van der Waals surface area (Å²) >= 11 is 0. The normalized spacial score (nSPS) is 17.4. The highest BCUT2D eigenvalue weighted by atomic mass is 19.1. The van der Waals surface area contributed by atoms with Gasteiger partial charge in [0.05, 0.1) is 17.3 Å². The van der Waals surface area contributed by atoms with E-state index in [0.29, 0.717) is 12.2 Å². The first-order valence-corrected chi connectivity index (χ1v) is 8.09. The lowest BCUT2D eigenvalue weighted by Crippen LogP contribution is -2.39. The lowest BCUT2D eigenvalue weighted by Gasteiger charge is -2.23. The predicted octanol–water partition coefficient (Wildman–Crippen LogP) is 1.92. The standard InChI is InChI=1S/C18H19FN4O2/c19-15-7-6-12(10-14(15)17(20)24)22-18(25)16-5-3-9-23(16)11-13-4-1-2-8-21-13/h1-2,4,6-8,10,16H,3,5,9,11H2,(H2,20,24)(H,22,25). The molecule has 2 aromatic rings. The van der Waals surface area contributed by atoms with E-state index < -0.39 is 11.7 Å². The summed E-state index contributed by atoms with van der Waals surface area (Å²) in [6, 6.07) is 9.19. The molecule has 1 aliphatic heterocycles. The average Bonchev–Trinajstić information content (AvgIpc) is 3.05. The molecule has 3 N–H and O–H groups in total. The van der Waals surface area contributed by atoms with E-state index in [1.165, 1.54) is 12.1 Å². The molecule has 3 rings (SSSR count). The molecule has 0 saturated carbocycles. The zero-order valence-corrected chi connectivity index (χ0v) is 13.6. The number of rotatable bonds is 5. The van der Waals surface area contributed by atoms with Crippen molar-refractivity contribution in [1.82, 2.24) is 9.88 Å². The molecule has 1 aliphatic rings. The summed E-state index contributed by atoms with van der Waals surface area (Å²) in [5.41, 5.74) is 6.15. The summed E-state index contributed by atoms with van der Waals surface area (Å²) < 4.78 is 13.5. The van der Waals surface area contributed by atoms with E-state index in [0.717, 1.165) is 31.1 Å². The van der Waals surface area contributed by atoms with Crippen LogP contribution in [0, 0.1) is 5.82 Å². The van der Waals surface area contributed by atoms with Crippen LogP contribution in [0.3, 0.4) is 0 Å². The van der Waals surface area contributed by atoms with Crippen LogP contribution in [-0.2, 0) is 11.3 Å². The lowest BCUT2D eigenvalue weighted by atomic mass is 10.1. The first-order chi connectivity index (χ1) is 12.0. The molecule has 0 radical (unpaired) electrons. The fourth-order valence-electron chi connectivity index (χ4n) is 3.03. The van der Waals surface area contributed by atoms with E-state index in [1.807, 2.05) is 18.2 Å². The molecule has 1 aromatic heterocycles. The van der Waals surface area contributed by atoms with Gasteiger partial charge in [-0.25, -0.2) is 4.39 Å². The van der Waals surface area contributed by atoms with Crippen LogP contribution in [0.4, 0.5) is 10.1 Å². The van der Waals surface area contributed by atoms with Gasteiger partial charge in [0.25, 0.3) is 5.91 Å². The van der Waals surface area contributed by atoms with Crippen LogP contribution in [-0.4, -0.2) is 34.3 Å². The van der Waals surface area contributed by atoms with Gasteiger partial charge in [-0.15, -0.1) is 0 Å². The van der Waals surface area contributed by atoms with E-state index in [4.69, 9.17) is 5.73 Å². The third-order valence-electron chi connectivity index (χ3n) is 4.26. The minimum atomic E-state index is -0.869. The monoisotopic (exact) mass is 342 g/mol. The summed E-state index contributed by atoms with van der Waals surface area (Å²) in [6.45, 7) is 1.40. The van der Waals surface area contributed by atoms with E-state index in [-0.39, 0.29) is 17.5 Å². The largest absolute Gasteiger partial charge is 0.366 e. The number of nitrogens with zero attached hydrogens (tertiary/aromatic N) is 2. The van der Waals surface area contributed by atoms with Gasteiger partial charge in [0.1, 0.15) is 5.82 Å². The average molecular weight is 342 g/mol. The highest BCUT2D eigenvalue weighted by Gasteiger charge is 2.31. The first-order valence-electron chi connectivity index (χ1n) is 8.09.